The van der Waals surface area contributed by atoms with E-state index < -0.39 is 0 Å². The monoisotopic (exact) mass is 450 g/mol. The van der Waals surface area contributed by atoms with Crippen molar-refractivity contribution in [1.29, 1.82) is 0 Å². The molecule has 0 unspecified atom stereocenters. The van der Waals surface area contributed by atoms with Crippen LogP contribution in [0.1, 0.15) is 69.2 Å². The van der Waals surface area contributed by atoms with Crippen molar-refractivity contribution in [3.05, 3.63) is 28.8 Å². The van der Waals surface area contributed by atoms with E-state index in [9.17, 15) is 9.59 Å². The Morgan fingerprint density at radius 3 is 2.58 bits per heavy atom. The number of rotatable bonds is 10. The van der Waals surface area contributed by atoms with Gasteiger partial charge in [-0.15, -0.1) is 0 Å². The fourth-order valence-corrected chi connectivity index (χ4v) is 5.19. The van der Waals surface area contributed by atoms with E-state index in [-0.39, 0.29) is 19.2 Å². The number of benzene rings is 1. The second-order valence-corrected chi connectivity index (χ2v) is 9.24. The van der Waals surface area contributed by atoms with E-state index in [0.717, 1.165) is 24.7 Å². The highest BCUT2D eigenvalue weighted by Gasteiger charge is 2.39. The van der Waals surface area contributed by atoms with Crippen LogP contribution < -0.4 is 21.3 Å². The van der Waals surface area contributed by atoms with Crippen molar-refractivity contribution < 1.29 is 9.59 Å². The summed E-state index contributed by atoms with van der Waals surface area (Å²) >= 11 is 6.32. The van der Waals surface area contributed by atoms with Crippen LogP contribution in [-0.4, -0.2) is 45.0 Å². The second-order valence-electron chi connectivity index (χ2n) is 8.83. The summed E-state index contributed by atoms with van der Waals surface area (Å²) in [6.45, 7) is 2.82. The molecule has 4 N–H and O–H groups in total. The van der Waals surface area contributed by atoms with Crippen molar-refractivity contribution >= 4 is 29.1 Å². The van der Waals surface area contributed by atoms with Gasteiger partial charge in [-0.1, -0.05) is 44.7 Å². The maximum Gasteiger partial charge on any atom is 0.252 e. The minimum absolute atomic E-state index is 0. The molecule has 0 atom stereocenters. The average molecular weight is 451 g/mol. The Hall–Kier alpha value is -1.79. The van der Waals surface area contributed by atoms with E-state index in [1.54, 1.807) is 13.1 Å². The Morgan fingerprint density at radius 2 is 1.87 bits per heavy atom. The third-order valence-corrected chi connectivity index (χ3v) is 6.96. The molecule has 0 heterocycles. The largest absolute Gasteiger partial charge is 0.384 e. The van der Waals surface area contributed by atoms with Crippen LogP contribution in [0.4, 0.5) is 5.69 Å². The van der Waals surface area contributed by atoms with Gasteiger partial charge < -0.3 is 21.3 Å². The van der Waals surface area contributed by atoms with Gasteiger partial charge in [0, 0.05) is 45.3 Å². The molecule has 2 bridgehead atoms. The first-order valence-corrected chi connectivity index (χ1v) is 11.6. The predicted octanol–water partition coefficient (Wildman–Crippen LogP) is 4.20. The summed E-state index contributed by atoms with van der Waals surface area (Å²) < 4.78 is 0. The molecule has 0 saturated heterocycles. The van der Waals surface area contributed by atoms with E-state index in [1.807, 2.05) is 12.1 Å². The predicted molar refractivity (Wildman–Crippen MR) is 129 cm³/mol. The van der Waals surface area contributed by atoms with Crippen molar-refractivity contribution in [3.63, 3.8) is 0 Å². The standard InChI is InChI=1S/C23H35ClN4O2.CH4/c1-25-21(29)8-11-26-12-13-27-18-6-7-20(24)19(14-18)22(30)28-16-23-9-2-4-17(15-23)5-3-10-23;/h6-7,14,17,26-27H,2-5,8-13,15-16H2,1H3,(H,25,29)(H,28,30);1H4. The van der Waals surface area contributed by atoms with Crippen molar-refractivity contribution in [2.75, 3.05) is 38.5 Å². The molecule has 7 heteroatoms. The molecule has 2 aliphatic carbocycles. The van der Waals surface area contributed by atoms with Crippen LogP contribution in [0.25, 0.3) is 0 Å². The van der Waals surface area contributed by atoms with Crippen LogP contribution >= 0.6 is 11.6 Å². The molecule has 6 nitrogen and oxygen atoms in total. The molecule has 0 aliphatic heterocycles. The number of hydrogen-bond acceptors (Lipinski definition) is 4. The Morgan fingerprint density at radius 1 is 1.13 bits per heavy atom. The number of hydrogen-bond donors (Lipinski definition) is 4. The quantitative estimate of drug-likeness (QED) is 0.402. The highest BCUT2D eigenvalue weighted by molar-refractivity contribution is 6.34. The van der Waals surface area contributed by atoms with Gasteiger partial charge in [0.1, 0.15) is 0 Å². The van der Waals surface area contributed by atoms with Gasteiger partial charge in [-0.2, -0.15) is 0 Å². The summed E-state index contributed by atoms with van der Waals surface area (Å²) in [6, 6.07) is 5.48. The van der Waals surface area contributed by atoms with Crippen molar-refractivity contribution in [1.82, 2.24) is 16.0 Å². The molecule has 1 aromatic carbocycles. The molecule has 31 heavy (non-hydrogen) atoms. The first-order chi connectivity index (χ1) is 14.5. The SMILES string of the molecule is C.CNC(=O)CCNCCNc1ccc(Cl)c(C(=O)NCC23CCCC(CCC2)C3)c1. The van der Waals surface area contributed by atoms with Gasteiger partial charge >= 0.3 is 0 Å². The molecule has 1 aromatic rings. The maximum absolute atomic E-state index is 12.9. The molecule has 0 aromatic heterocycles. The Balaban J connectivity index is 0.00000341. The average Bonchev–Trinajstić information content (AvgIpc) is 2.75. The summed E-state index contributed by atoms with van der Waals surface area (Å²) in [7, 11) is 1.64. The van der Waals surface area contributed by atoms with Crippen molar-refractivity contribution in [2.45, 2.75) is 58.8 Å². The molecule has 3 rings (SSSR count). The van der Waals surface area contributed by atoms with Gasteiger partial charge in [0.15, 0.2) is 0 Å². The smallest absolute Gasteiger partial charge is 0.252 e. The minimum atomic E-state index is -0.0885. The zero-order valence-electron chi connectivity index (χ0n) is 18.0. The van der Waals surface area contributed by atoms with Crippen LogP contribution in [0.5, 0.6) is 0 Å². The van der Waals surface area contributed by atoms with Crippen LogP contribution in [0, 0.1) is 11.3 Å². The molecular formula is C24H39ClN4O2. The number of fused-ring (bicyclic) bond motifs is 2. The molecule has 0 radical (unpaired) electrons. The van der Waals surface area contributed by atoms with Crippen molar-refractivity contribution in [2.24, 2.45) is 11.3 Å². The first kappa shape index (κ1) is 25.5. The summed E-state index contributed by atoms with van der Waals surface area (Å²) in [5.74, 6) is 0.792. The maximum atomic E-state index is 12.9. The number of amides is 2. The lowest BCUT2D eigenvalue weighted by Gasteiger charge is -2.45. The number of halogens is 1. The molecular weight excluding hydrogens is 412 g/mol. The molecule has 2 aliphatic rings. The van der Waals surface area contributed by atoms with Crippen molar-refractivity contribution in [3.8, 4) is 0 Å². The zero-order valence-corrected chi connectivity index (χ0v) is 18.7. The molecule has 0 spiro atoms. The summed E-state index contributed by atoms with van der Waals surface area (Å²) in [5.41, 5.74) is 1.68. The number of carbonyl (C=O) groups excluding carboxylic acids is 2. The highest BCUT2D eigenvalue weighted by Crippen LogP contribution is 2.48. The number of anilines is 1. The number of nitrogens with one attached hydrogen (secondary N) is 4. The Kier molecular flexibility index (Phi) is 10.1. The van der Waals surface area contributed by atoms with Crippen LogP contribution in [0.2, 0.25) is 5.02 Å². The van der Waals surface area contributed by atoms with E-state index in [0.29, 0.717) is 35.5 Å². The lowest BCUT2D eigenvalue weighted by molar-refractivity contribution is -0.120. The van der Waals surface area contributed by atoms with Gasteiger partial charge in [0.2, 0.25) is 5.91 Å². The zero-order chi connectivity index (χ0) is 21.4. The van der Waals surface area contributed by atoms with Gasteiger partial charge in [0.25, 0.3) is 5.91 Å². The second kappa shape index (κ2) is 12.3. The Labute approximate surface area is 192 Å². The summed E-state index contributed by atoms with van der Waals surface area (Å²) in [4.78, 5) is 24.0. The molecule has 174 valence electrons. The van der Waals surface area contributed by atoms with E-state index in [1.165, 1.54) is 44.9 Å². The molecule has 2 amide bonds. The lowest BCUT2D eigenvalue weighted by atomic mass is 9.62. The summed E-state index contributed by atoms with van der Waals surface area (Å²) in [6.07, 6.45) is 9.47. The van der Waals surface area contributed by atoms with Gasteiger partial charge in [0.05, 0.1) is 10.6 Å². The topological polar surface area (TPSA) is 82.3 Å². The van der Waals surface area contributed by atoms with E-state index in [4.69, 9.17) is 11.6 Å². The van der Waals surface area contributed by atoms with Crippen LogP contribution in [0.3, 0.4) is 0 Å². The van der Waals surface area contributed by atoms with Crippen LogP contribution in [0.15, 0.2) is 18.2 Å². The lowest BCUT2D eigenvalue weighted by Crippen LogP contribution is -2.43. The Bertz CT molecular complexity index is 730. The van der Waals surface area contributed by atoms with E-state index in [2.05, 4.69) is 21.3 Å². The first-order valence-electron chi connectivity index (χ1n) is 11.2. The summed E-state index contributed by atoms with van der Waals surface area (Å²) in [5, 5.41) is 12.8. The molecule has 2 saturated carbocycles. The van der Waals surface area contributed by atoms with E-state index >= 15 is 0 Å². The molecule has 2 fully saturated rings. The normalized spacial score (nSPS) is 22.2. The highest BCUT2D eigenvalue weighted by atomic mass is 35.5. The fraction of sp³-hybridized carbons (Fsp3) is 0.667. The number of carbonyl (C=O) groups is 2. The third kappa shape index (κ3) is 7.39. The van der Waals surface area contributed by atoms with Crippen LogP contribution in [-0.2, 0) is 4.79 Å². The third-order valence-electron chi connectivity index (χ3n) is 6.63. The van der Waals surface area contributed by atoms with Gasteiger partial charge in [-0.3, -0.25) is 9.59 Å². The van der Waals surface area contributed by atoms with Gasteiger partial charge in [-0.25, -0.2) is 0 Å². The van der Waals surface area contributed by atoms with Gasteiger partial charge in [-0.05, 0) is 48.8 Å². The minimum Gasteiger partial charge on any atom is -0.384 e. The fourth-order valence-electron chi connectivity index (χ4n) is 4.99.